The van der Waals surface area contributed by atoms with Gasteiger partial charge in [-0.25, -0.2) is 4.79 Å². The van der Waals surface area contributed by atoms with E-state index in [1.807, 2.05) is 55.7 Å². The fourth-order valence-corrected chi connectivity index (χ4v) is 2.57. The normalized spacial score (nSPS) is 12.2. The Labute approximate surface area is 149 Å². The first kappa shape index (κ1) is 18.9. The Morgan fingerprint density at radius 1 is 1.20 bits per heavy atom. The van der Waals surface area contributed by atoms with Crippen molar-refractivity contribution in [3.05, 3.63) is 48.0 Å². The molecule has 0 bridgehead atoms. The minimum atomic E-state index is -0.196. The van der Waals surface area contributed by atoms with Gasteiger partial charge in [0.05, 0.1) is 6.04 Å². The monoisotopic (exact) mass is 344 g/mol. The quantitative estimate of drug-likeness (QED) is 0.791. The van der Waals surface area contributed by atoms with Crippen LogP contribution in [-0.2, 0) is 13.5 Å². The molecule has 0 aliphatic heterocycles. The summed E-state index contributed by atoms with van der Waals surface area (Å²) in [6.07, 6.45) is 2.47. The molecule has 1 atom stereocenters. The van der Waals surface area contributed by atoms with E-state index in [4.69, 9.17) is 0 Å². The Kier molecular flexibility index (Phi) is 6.94. The van der Waals surface area contributed by atoms with E-state index in [9.17, 15) is 4.79 Å². The molecule has 1 aromatic heterocycles. The number of benzene rings is 1. The topological polar surface area (TPSA) is 66.3 Å². The standard InChI is InChI=1S/C18H28N6O/c1-15(17-21-19-14-23(17)4)20-18(25)24(13-12-22(2)3)11-10-16-8-6-5-7-9-16/h5-9,14-15H,10-13H2,1-4H3,(H,20,25)/t15-/m0/s1. The molecule has 1 heterocycles. The van der Waals surface area contributed by atoms with Crippen LogP contribution in [0.5, 0.6) is 0 Å². The summed E-state index contributed by atoms with van der Waals surface area (Å²) < 4.78 is 1.82. The number of rotatable bonds is 8. The van der Waals surface area contributed by atoms with Crippen molar-refractivity contribution in [2.75, 3.05) is 33.7 Å². The highest BCUT2D eigenvalue weighted by Gasteiger charge is 2.19. The third kappa shape index (κ3) is 5.86. The maximum Gasteiger partial charge on any atom is 0.318 e. The summed E-state index contributed by atoms with van der Waals surface area (Å²) in [5.74, 6) is 0.740. The largest absolute Gasteiger partial charge is 0.328 e. The molecule has 7 heteroatoms. The van der Waals surface area contributed by atoms with E-state index in [0.717, 1.165) is 18.8 Å². The first-order chi connectivity index (χ1) is 12.0. The fourth-order valence-electron chi connectivity index (χ4n) is 2.57. The van der Waals surface area contributed by atoms with Crippen LogP contribution in [-0.4, -0.2) is 64.3 Å². The number of aryl methyl sites for hydroxylation is 1. The molecule has 25 heavy (non-hydrogen) atoms. The second-order valence-corrected chi connectivity index (χ2v) is 6.50. The molecule has 0 spiro atoms. The number of urea groups is 1. The number of carbonyl (C=O) groups is 1. The summed E-state index contributed by atoms with van der Waals surface area (Å²) in [6.45, 7) is 4.09. The third-order valence-electron chi connectivity index (χ3n) is 4.09. The van der Waals surface area contributed by atoms with Crippen LogP contribution in [0.4, 0.5) is 4.79 Å². The van der Waals surface area contributed by atoms with Gasteiger partial charge in [-0.1, -0.05) is 30.3 Å². The smallest absolute Gasteiger partial charge is 0.318 e. The zero-order chi connectivity index (χ0) is 18.2. The number of carbonyl (C=O) groups excluding carboxylic acids is 1. The molecule has 2 aromatic rings. The molecule has 0 aliphatic carbocycles. The molecule has 0 unspecified atom stereocenters. The number of likely N-dealkylation sites (N-methyl/N-ethyl adjacent to an activating group) is 1. The van der Waals surface area contributed by atoms with Gasteiger partial charge >= 0.3 is 6.03 Å². The first-order valence-corrected chi connectivity index (χ1v) is 8.55. The Hall–Kier alpha value is -2.41. The summed E-state index contributed by atoms with van der Waals surface area (Å²) in [4.78, 5) is 16.7. The number of nitrogens with one attached hydrogen (secondary N) is 1. The Morgan fingerprint density at radius 3 is 2.52 bits per heavy atom. The van der Waals surface area contributed by atoms with E-state index < -0.39 is 0 Å². The first-order valence-electron chi connectivity index (χ1n) is 8.55. The van der Waals surface area contributed by atoms with Crippen molar-refractivity contribution in [3.8, 4) is 0 Å². The number of nitrogens with zero attached hydrogens (tertiary/aromatic N) is 5. The number of hydrogen-bond donors (Lipinski definition) is 1. The van der Waals surface area contributed by atoms with Crippen LogP contribution in [0.2, 0.25) is 0 Å². The average molecular weight is 344 g/mol. The van der Waals surface area contributed by atoms with Crippen molar-refractivity contribution >= 4 is 6.03 Å². The summed E-state index contributed by atoms with van der Waals surface area (Å²) in [5, 5.41) is 11.0. The second kappa shape index (κ2) is 9.17. The average Bonchev–Trinajstić information content (AvgIpc) is 3.01. The van der Waals surface area contributed by atoms with Crippen molar-refractivity contribution in [2.45, 2.75) is 19.4 Å². The number of amides is 2. The molecular formula is C18H28N6O. The molecule has 0 aliphatic rings. The van der Waals surface area contributed by atoms with Crippen molar-refractivity contribution in [2.24, 2.45) is 7.05 Å². The van der Waals surface area contributed by atoms with Gasteiger partial charge in [0.1, 0.15) is 6.33 Å². The molecule has 0 fully saturated rings. The minimum Gasteiger partial charge on any atom is -0.328 e. The van der Waals surface area contributed by atoms with Gasteiger partial charge in [-0.3, -0.25) is 0 Å². The fraction of sp³-hybridized carbons (Fsp3) is 0.500. The lowest BCUT2D eigenvalue weighted by atomic mass is 10.1. The molecule has 0 saturated carbocycles. The molecular weight excluding hydrogens is 316 g/mol. The van der Waals surface area contributed by atoms with Crippen LogP contribution in [0.25, 0.3) is 0 Å². The van der Waals surface area contributed by atoms with Crippen LogP contribution in [0.1, 0.15) is 24.4 Å². The van der Waals surface area contributed by atoms with E-state index in [0.29, 0.717) is 13.1 Å². The van der Waals surface area contributed by atoms with Crippen molar-refractivity contribution in [1.82, 2.24) is 29.9 Å². The van der Waals surface area contributed by atoms with Gasteiger partial charge in [0.25, 0.3) is 0 Å². The molecule has 1 N–H and O–H groups in total. The van der Waals surface area contributed by atoms with Crippen LogP contribution in [0, 0.1) is 0 Å². The van der Waals surface area contributed by atoms with E-state index in [-0.39, 0.29) is 12.1 Å². The molecule has 0 radical (unpaired) electrons. The van der Waals surface area contributed by atoms with Crippen LogP contribution < -0.4 is 5.32 Å². The van der Waals surface area contributed by atoms with Gasteiger partial charge in [0.15, 0.2) is 5.82 Å². The van der Waals surface area contributed by atoms with E-state index in [2.05, 4.69) is 32.5 Å². The highest BCUT2D eigenvalue weighted by atomic mass is 16.2. The van der Waals surface area contributed by atoms with E-state index in [1.165, 1.54) is 5.56 Å². The van der Waals surface area contributed by atoms with Crippen molar-refractivity contribution < 1.29 is 4.79 Å². The van der Waals surface area contributed by atoms with Gasteiger partial charge in [-0.2, -0.15) is 0 Å². The minimum absolute atomic E-state index is 0.0757. The van der Waals surface area contributed by atoms with E-state index >= 15 is 0 Å². The molecule has 0 saturated heterocycles. The maximum absolute atomic E-state index is 12.7. The lowest BCUT2D eigenvalue weighted by Crippen LogP contribution is -2.45. The molecule has 7 nitrogen and oxygen atoms in total. The molecule has 1 aromatic carbocycles. The van der Waals surface area contributed by atoms with Crippen molar-refractivity contribution in [1.29, 1.82) is 0 Å². The zero-order valence-electron chi connectivity index (χ0n) is 15.5. The van der Waals surface area contributed by atoms with Gasteiger partial charge < -0.3 is 19.7 Å². The SMILES string of the molecule is C[C@H](NC(=O)N(CCc1ccccc1)CCN(C)C)c1nncn1C. The molecule has 136 valence electrons. The Morgan fingerprint density at radius 2 is 1.92 bits per heavy atom. The van der Waals surface area contributed by atoms with Crippen LogP contribution in [0.3, 0.4) is 0 Å². The predicted octanol–water partition coefficient (Wildman–Crippen LogP) is 1.69. The van der Waals surface area contributed by atoms with Gasteiger partial charge in [-0.05, 0) is 33.0 Å². The summed E-state index contributed by atoms with van der Waals surface area (Å²) in [6, 6.07) is 9.95. The highest BCUT2D eigenvalue weighted by Crippen LogP contribution is 2.09. The van der Waals surface area contributed by atoms with Gasteiger partial charge in [0.2, 0.25) is 0 Å². The number of hydrogen-bond acceptors (Lipinski definition) is 4. The predicted molar refractivity (Wildman–Crippen MR) is 98.2 cm³/mol. The highest BCUT2D eigenvalue weighted by molar-refractivity contribution is 5.74. The number of aromatic nitrogens is 3. The van der Waals surface area contributed by atoms with Crippen LogP contribution >= 0.6 is 0 Å². The van der Waals surface area contributed by atoms with Gasteiger partial charge in [0, 0.05) is 26.7 Å². The third-order valence-corrected chi connectivity index (χ3v) is 4.09. The van der Waals surface area contributed by atoms with Crippen molar-refractivity contribution in [3.63, 3.8) is 0 Å². The molecule has 2 amide bonds. The lowest BCUT2D eigenvalue weighted by molar-refractivity contribution is 0.188. The second-order valence-electron chi connectivity index (χ2n) is 6.50. The molecule has 2 rings (SSSR count). The van der Waals surface area contributed by atoms with Gasteiger partial charge in [-0.15, -0.1) is 10.2 Å². The summed E-state index contributed by atoms with van der Waals surface area (Å²) in [5.41, 5.74) is 1.23. The van der Waals surface area contributed by atoms with Crippen LogP contribution in [0.15, 0.2) is 36.7 Å². The maximum atomic E-state index is 12.7. The Bertz CT molecular complexity index is 655. The summed E-state index contributed by atoms with van der Waals surface area (Å²) >= 11 is 0. The lowest BCUT2D eigenvalue weighted by Gasteiger charge is -2.26. The van der Waals surface area contributed by atoms with E-state index in [1.54, 1.807) is 6.33 Å². The Balaban J connectivity index is 1.97. The zero-order valence-corrected chi connectivity index (χ0v) is 15.5. The summed E-state index contributed by atoms with van der Waals surface area (Å²) in [7, 11) is 5.89.